The number of methoxy groups -OCH3 is 1. The van der Waals surface area contributed by atoms with Crippen molar-refractivity contribution in [2.45, 2.75) is 13.5 Å². The SMILES string of the molecule is COCCNCc1cc2c(cc1OC/C(C)=C/Cl)OCO2. The molecule has 0 fully saturated rings. The Morgan fingerprint density at radius 2 is 2.14 bits per heavy atom. The van der Waals surface area contributed by atoms with Crippen molar-refractivity contribution < 1.29 is 18.9 Å². The molecule has 1 aliphatic heterocycles. The fourth-order valence-electron chi connectivity index (χ4n) is 1.86. The molecule has 0 aliphatic carbocycles. The molecule has 0 saturated heterocycles. The fourth-order valence-corrected chi connectivity index (χ4v) is 1.92. The lowest BCUT2D eigenvalue weighted by atomic mass is 10.1. The Morgan fingerprint density at radius 3 is 2.86 bits per heavy atom. The molecule has 0 spiro atoms. The minimum atomic E-state index is 0.246. The molecule has 1 heterocycles. The van der Waals surface area contributed by atoms with Crippen molar-refractivity contribution in [3.05, 3.63) is 28.8 Å². The summed E-state index contributed by atoms with van der Waals surface area (Å²) in [6, 6.07) is 3.80. The lowest BCUT2D eigenvalue weighted by Gasteiger charge is -2.13. The number of hydrogen-bond donors (Lipinski definition) is 1. The molecule has 0 amide bonds. The maximum atomic E-state index is 5.81. The highest BCUT2D eigenvalue weighted by atomic mass is 35.5. The number of rotatable bonds is 8. The lowest BCUT2D eigenvalue weighted by Crippen LogP contribution is -2.19. The molecule has 0 aromatic heterocycles. The zero-order valence-corrected chi connectivity index (χ0v) is 13.0. The van der Waals surface area contributed by atoms with Crippen LogP contribution in [-0.2, 0) is 11.3 Å². The maximum Gasteiger partial charge on any atom is 0.231 e. The van der Waals surface area contributed by atoms with E-state index in [-0.39, 0.29) is 6.79 Å². The predicted octanol–water partition coefficient (Wildman–Crippen LogP) is 2.67. The number of fused-ring (bicyclic) bond motifs is 1. The Hall–Kier alpha value is -1.43. The van der Waals surface area contributed by atoms with Crippen molar-refractivity contribution in [1.29, 1.82) is 0 Å². The molecular formula is C15H20ClNO4. The fraction of sp³-hybridized carbons (Fsp3) is 0.467. The van der Waals surface area contributed by atoms with E-state index < -0.39 is 0 Å². The summed E-state index contributed by atoms with van der Waals surface area (Å²) in [5.41, 5.74) is 3.48. The second kappa shape index (κ2) is 8.12. The van der Waals surface area contributed by atoms with Gasteiger partial charge in [-0.3, -0.25) is 0 Å². The Kier molecular flexibility index (Phi) is 6.17. The molecule has 5 nitrogen and oxygen atoms in total. The molecule has 116 valence electrons. The smallest absolute Gasteiger partial charge is 0.231 e. The van der Waals surface area contributed by atoms with Gasteiger partial charge in [-0.05, 0) is 18.6 Å². The summed E-state index contributed by atoms with van der Waals surface area (Å²) in [5, 5.41) is 3.29. The molecule has 2 rings (SSSR count). The zero-order valence-electron chi connectivity index (χ0n) is 12.3. The molecule has 1 aliphatic rings. The largest absolute Gasteiger partial charge is 0.489 e. The third-order valence-electron chi connectivity index (χ3n) is 3.00. The highest BCUT2D eigenvalue weighted by molar-refractivity contribution is 6.25. The van der Waals surface area contributed by atoms with Gasteiger partial charge in [0.25, 0.3) is 0 Å². The first kappa shape index (κ1) is 15.9. The van der Waals surface area contributed by atoms with E-state index in [9.17, 15) is 0 Å². The Labute approximate surface area is 129 Å². The Morgan fingerprint density at radius 1 is 1.38 bits per heavy atom. The quantitative estimate of drug-likeness (QED) is 0.748. The summed E-state index contributed by atoms with van der Waals surface area (Å²) in [5.74, 6) is 2.22. The van der Waals surface area contributed by atoms with E-state index in [4.69, 9.17) is 30.5 Å². The number of benzene rings is 1. The maximum absolute atomic E-state index is 5.81. The van der Waals surface area contributed by atoms with E-state index in [2.05, 4.69) is 5.32 Å². The first-order valence-electron chi connectivity index (χ1n) is 6.75. The average Bonchev–Trinajstić information content (AvgIpc) is 2.95. The first-order chi connectivity index (χ1) is 10.2. The van der Waals surface area contributed by atoms with Crippen LogP contribution in [0.3, 0.4) is 0 Å². The van der Waals surface area contributed by atoms with E-state index in [1.807, 2.05) is 19.1 Å². The molecule has 1 N–H and O–H groups in total. The van der Waals surface area contributed by atoms with Gasteiger partial charge in [0.15, 0.2) is 11.5 Å². The molecule has 0 bridgehead atoms. The molecular weight excluding hydrogens is 294 g/mol. The lowest BCUT2D eigenvalue weighted by molar-refractivity contribution is 0.173. The van der Waals surface area contributed by atoms with Crippen LogP contribution >= 0.6 is 11.6 Å². The summed E-state index contributed by atoms with van der Waals surface area (Å²) in [7, 11) is 1.68. The minimum absolute atomic E-state index is 0.246. The van der Waals surface area contributed by atoms with Gasteiger partial charge in [-0.2, -0.15) is 0 Å². The second-order valence-electron chi connectivity index (χ2n) is 4.73. The standard InChI is InChI=1S/C15H20ClNO4/c1-11(7-16)9-19-13-6-15-14(20-10-21-15)5-12(13)8-17-3-4-18-2/h5-7,17H,3-4,8-10H2,1-2H3/b11-7+. The monoisotopic (exact) mass is 313 g/mol. The van der Waals surface area contributed by atoms with Crippen LogP contribution < -0.4 is 19.5 Å². The van der Waals surface area contributed by atoms with Crippen LogP contribution in [-0.4, -0.2) is 33.7 Å². The molecule has 21 heavy (non-hydrogen) atoms. The molecule has 0 unspecified atom stereocenters. The molecule has 0 saturated carbocycles. The van der Waals surface area contributed by atoms with Gasteiger partial charge in [0.05, 0.1) is 6.61 Å². The van der Waals surface area contributed by atoms with Gasteiger partial charge in [0.1, 0.15) is 12.4 Å². The molecule has 0 atom stereocenters. The van der Waals surface area contributed by atoms with E-state index in [1.54, 1.807) is 7.11 Å². The highest BCUT2D eigenvalue weighted by Gasteiger charge is 2.18. The van der Waals surface area contributed by atoms with Crippen molar-refractivity contribution in [2.24, 2.45) is 0 Å². The van der Waals surface area contributed by atoms with Crippen LogP contribution in [0.2, 0.25) is 0 Å². The van der Waals surface area contributed by atoms with E-state index in [0.29, 0.717) is 25.5 Å². The van der Waals surface area contributed by atoms with Gasteiger partial charge < -0.3 is 24.3 Å². The molecule has 1 aromatic carbocycles. The van der Waals surface area contributed by atoms with E-state index >= 15 is 0 Å². The molecule has 0 radical (unpaired) electrons. The van der Waals surface area contributed by atoms with E-state index in [1.165, 1.54) is 5.54 Å². The van der Waals surface area contributed by atoms with Gasteiger partial charge in [-0.15, -0.1) is 0 Å². The van der Waals surface area contributed by atoms with Crippen LogP contribution in [0, 0.1) is 0 Å². The summed E-state index contributed by atoms with van der Waals surface area (Å²) in [6.45, 7) is 4.69. The Bertz CT molecular complexity index is 505. The van der Waals surface area contributed by atoms with Gasteiger partial charge in [-0.25, -0.2) is 0 Å². The normalized spacial score (nSPS) is 13.6. The number of halogens is 1. The van der Waals surface area contributed by atoms with Crippen LogP contribution in [0.1, 0.15) is 12.5 Å². The third kappa shape index (κ3) is 4.52. The second-order valence-corrected chi connectivity index (χ2v) is 4.95. The van der Waals surface area contributed by atoms with Gasteiger partial charge in [0.2, 0.25) is 6.79 Å². The summed E-state index contributed by atoms with van der Waals surface area (Å²) < 4.78 is 21.6. The van der Waals surface area contributed by atoms with Crippen LogP contribution in [0.15, 0.2) is 23.2 Å². The highest BCUT2D eigenvalue weighted by Crippen LogP contribution is 2.38. The zero-order chi connectivity index (χ0) is 15.1. The topological polar surface area (TPSA) is 49.0 Å². The molecule has 1 aromatic rings. The average molecular weight is 314 g/mol. The van der Waals surface area contributed by atoms with Crippen molar-refractivity contribution in [3.8, 4) is 17.2 Å². The third-order valence-corrected chi connectivity index (χ3v) is 3.37. The summed E-state index contributed by atoms with van der Waals surface area (Å²) >= 11 is 5.66. The van der Waals surface area contributed by atoms with Crippen molar-refractivity contribution in [1.82, 2.24) is 5.32 Å². The number of ether oxygens (including phenoxy) is 4. The first-order valence-corrected chi connectivity index (χ1v) is 7.19. The van der Waals surface area contributed by atoms with Gasteiger partial charge in [-0.1, -0.05) is 11.6 Å². The number of hydrogen-bond acceptors (Lipinski definition) is 5. The molecule has 6 heteroatoms. The van der Waals surface area contributed by atoms with Crippen LogP contribution in [0.4, 0.5) is 0 Å². The Balaban J connectivity index is 2.07. The predicted molar refractivity (Wildman–Crippen MR) is 81.3 cm³/mol. The summed E-state index contributed by atoms with van der Waals surface area (Å²) in [4.78, 5) is 0. The van der Waals surface area contributed by atoms with Crippen molar-refractivity contribution in [3.63, 3.8) is 0 Å². The van der Waals surface area contributed by atoms with Gasteiger partial charge >= 0.3 is 0 Å². The van der Waals surface area contributed by atoms with Crippen molar-refractivity contribution >= 4 is 11.6 Å². The van der Waals surface area contributed by atoms with Crippen LogP contribution in [0.25, 0.3) is 0 Å². The minimum Gasteiger partial charge on any atom is -0.489 e. The van der Waals surface area contributed by atoms with E-state index in [0.717, 1.165) is 29.2 Å². The van der Waals surface area contributed by atoms with Crippen molar-refractivity contribution in [2.75, 3.05) is 33.7 Å². The van der Waals surface area contributed by atoms with Gasteiger partial charge in [0, 0.05) is 37.4 Å². The van der Waals surface area contributed by atoms with Crippen LogP contribution in [0.5, 0.6) is 17.2 Å². The number of nitrogens with one attached hydrogen (secondary N) is 1. The summed E-state index contributed by atoms with van der Waals surface area (Å²) in [6.07, 6.45) is 0.